The van der Waals surface area contributed by atoms with E-state index in [1.54, 1.807) is 0 Å². The minimum Gasteiger partial charge on any atom is -0.383 e. The van der Waals surface area contributed by atoms with Crippen LogP contribution in [-0.4, -0.2) is 10.8 Å². The zero-order chi connectivity index (χ0) is 10.2. The third kappa shape index (κ3) is 2.19. The summed E-state index contributed by atoms with van der Waals surface area (Å²) >= 11 is 3.48. The molecule has 0 spiro atoms. The molecular weight excluding hydrogens is 271 g/mol. The van der Waals surface area contributed by atoms with Crippen molar-refractivity contribution in [2.75, 3.05) is 0 Å². The van der Waals surface area contributed by atoms with Crippen LogP contribution in [0.1, 0.15) is 10.6 Å². The van der Waals surface area contributed by atoms with Gasteiger partial charge in [-0.15, -0.1) is 11.3 Å². The zero-order valence-corrected chi connectivity index (χ0v) is 8.35. The molecule has 1 aromatic heterocycles. The van der Waals surface area contributed by atoms with Gasteiger partial charge in [-0.05, 0) is 15.9 Å². The minimum atomic E-state index is -4.57. The van der Waals surface area contributed by atoms with Crippen LogP contribution in [0.3, 0.4) is 0 Å². The lowest BCUT2D eigenvalue weighted by atomic mass is 10.3. The summed E-state index contributed by atoms with van der Waals surface area (Å²) in [4.78, 5) is 2.83. The van der Waals surface area contributed by atoms with Crippen molar-refractivity contribution in [1.82, 2.24) is 4.98 Å². The predicted octanol–water partition coefficient (Wildman–Crippen LogP) is 2.21. The van der Waals surface area contributed by atoms with E-state index in [4.69, 9.17) is 11.1 Å². The van der Waals surface area contributed by atoms with Crippen molar-refractivity contribution >= 4 is 33.1 Å². The van der Waals surface area contributed by atoms with E-state index in [0.29, 0.717) is 11.3 Å². The fourth-order valence-electron chi connectivity index (χ4n) is 0.669. The van der Waals surface area contributed by atoms with Gasteiger partial charge in [-0.25, -0.2) is 4.98 Å². The molecule has 0 aliphatic heterocycles. The van der Waals surface area contributed by atoms with Crippen LogP contribution in [0.2, 0.25) is 0 Å². The van der Waals surface area contributed by atoms with Crippen LogP contribution in [0, 0.1) is 5.41 Å². The van der Waals surface area contributed by atoms with Crippen LogP contribution < -0.4 is 5.73 Å². The van der Waals surface area contributed by atoms with Gasteiger partial charge in [0, 0.05) is 0 Å². The molecule has 0 saturated carbocycles. The Labute approximate surface area is 83.4 Å². The van der Waals surface area contributed by atoms with Gasteiger partial charge in [0.2, 0.25) is 0 Å². The summed E-state index contributed by atoms with van der Waals surface area (Å²) in [7, 11) is 0. The third-order valence-electron chi connectivity index (χ3n) is 1.11. The van der Waals surface area contributed by atoms with Crippen LogP contribution in [-0.2, 0) is 6.18 Å². The van der Waals surface area contributed by atoms with E-state index < -0.39 is 17.7 Å². The topological polar surface area (TPSA) is 62.8 Å². The summed E-state index contributed by atoms with van der Waals surface area (Å²) in [5, 5.41) is 6.90. The van der Waals surface area contributed by atoms with Gasteiger partial charge in [-0.2, -0.15) is 13.2 Å². The Kier molecular flexibility index (Phi) is 2.62. The first-order valence-electron chi connectivity index (χ1n) is 2.90. The molecule has 3 nitrogen and oxygen atoms in total. The third-order valence-corrected chi connectivity index (χ3v) is 2.65. The van der Waals surface area contributed by atoms with E-state index in [9.17, 15) is 13.2 Å². The molecule has 1 rings (SSSR count). The highest BCUT2D eigenvalue weighted by molar-refractivity contribution is 9.11. The minimum absolute atomic E-state index is 0.0602. The van der Waals surface area contributed by atoms with Gasteiger partial charge in [0.1, 0.15) is 10.7 Å². The van der Waals surface area contributed by atoms with Crippen molar-refractivity contribution in [3.05, 3.63) is 14.5 Å². The Morgan fingerprint density at radius 2 is 2.08 bits per heavy atom. The zero-order valence-electron chi connectivity index (χ0n) is 5.94. The molecule has 0 bridgehead atoms. The van der Waals surface area contributed by atoms with Gasteiger partial charge in [0.25, 0.3) is 0 Å². The lowest BCUT2D eigenvalue weighted by Gasteiger charge is -2.03. The molecule has 3 N–H and O–H groups in total. The first-order valence-corrected chi connectivity index (χ1v) is 4.51. The molecule has 0 saturated heterocycles. The van der Waals surface area contributed by atoms with Gasteiger partial charge in [-0.3, -0.25) is 5.41 Å². The lowest BCUT2D eigenvalue weighted by Crippen LogP contribution is -2.16. The smallest absolute Gasteiger partial charge is 0.383 e. The molecule has 0 aliphatic rings. The number of aromatic nitrogens is 1. The highest BCUT2D eigenvalue weighted by atomic mass is 79.9. The fourth-order valence-corrected chi connectivity index (χ4v) is 2.01. The van der Waals surface area contributed by atoms with Gasteiger partial charge >= 0.3 is 6.18 Å². The predicted molar refractivity (Wildman–Crippen MR) is 45.8 cm³/mol. The van der Waals surface area contributed by atoms with Crippen LogP contribution in [0.15, 0.2) is 3.92 Å². The van der Waals surface area contributed by atoms with Crippen LogP contribution >= 0.6 is 27.3 Å². The second kappa shape index (κ2) is 3.26. The quantitative estimate of drug-likeness (QED) is 0.609. The van der Waals surface area contributed by atoms with E-state index in [1.165, 1.54) is 0 Å². The SMILES string of the molecule is N=C(N)c1sc(Br)nc1C(F)(F)F. The molecular formula is C5H3BrF3N3S. The average Bonchev–Trinajstić information content (AvgIpc) is 2.29. The summed E-state index contributed by atoms with van der Waals surface area (Å²) in [6.07, 6.45) is -4.57. The standard InChI is InChI=1S/C5H3BrF3N3S/c6-4-12-2(5(7,8)9)1(13-4)3(10)11/h(H3,10,11). The van der Waals surface area contributed by atoms with Crippen molar-refractivity contribution in [3.8, 4) is 0 Å². The number of thiazole rings is 1. The van der Waals surface area contributed by atoms with Crippen molar-refractivity contribution in [1.29, 1.82) is 5.41 Å². The molecule has 72 valence electrons. The Bertz CT molecular complexity index is 345. The Morgan fingerprint density at radius 3 is 2.38 bits per heavy atom. The van der Waals surface area contributed by atoms with Crippen molar-refractivity contribution in [2.45, 2.75) is 6.18 Å². The number of nitrogens with two attached hydrogens (primary N) is 1. The van der Waals surface area contributed by atoms with Crippen LogP contribution in [0.4, 0.5) is 13.2 Å². The maximum Gasteiger partial charge on any atom is 0.434 e. The monoisotopic (exact) mass is 273 g/mol. The number of hydrogen-bond donors (Lipinski definition) is 2. The number of halogens is 4. The first-order chi connectivity index (χ1) is 5.82. The Morgan fingerprint density at radius 1 is 1.54 bits per heavy atom. The second-order valence-electron chi connectivity index (χ2n) is 2.06. The normalized spacial score (nSPS) is 11.7. The van der Waals surface area contributed by atoms with Gasteiger partial charge in [0.15, 0.2) is 9.61 Å². The summed E-state index contributed by atoms with van der Waals surface area (Å²) in [5.74, 6) is -0.629. The summed E-state index contributed by atoms with van der Waals surface area (Å²) in [6, 6.07) is 0. The van der Waals surface area contributed by atoms with Crippen molar-refractivity contribution < 1.29 is 13.2 Å². The van der Waals surface area contributed by atoms with E-state index in [2.05, 4.69) is 20.9 Å². The van der Waals surface area contributed by atoms with Gasteiger partial charge in [0.05, 0.1) is 0 Å². The number of alkyl halides is 3. The Balaban J connectivity index is 3.28. The maximum absolute atomic E-state index is 12.2. The van der Waals surface area contributed by atoms with E-state index >= 15 is 0 Å². The molecule has 0 fully saturated rings. The van der Waals surface area contributed by atoms with Crippen LogP contribution in [0.5, 0.6) is 0 Å². The lowest BCUT2D eigenvalue weighted by molar-refractivity contribution is -0.140. The molecule has 0 atom stereocenters. The molecule has 0 amide bonds. The number of rotatable bonds is 1. The number of nitrogens with one attached hydrogen (secondary N) is 1. The number of amidine groups is 1. The fraction of sp³-hybridized carbons (Fsp3) is 0.200. The molecule has 1 heterocycles. The number of nitrogens with zero attached hydrogens (tertiary/aromatic N) is 1. The Hall–Kier alpha value is -0.630. The molecule has 0 unspecified atom stereocenters. The van der Waals surface area contributed by atoms with Gasteiger partial charge < -0.3 is 5.73 Å². The summed E-state index contributed by atoms with van der Waals surface area (Å²) < 4.78 is 36.6. The average molecular weight is 274 g/mol. The first kappa shape index (κ1) is 10.5. The number of hydrogen-bond acceptors (Lipinski definition) is 3. The highest BCUT2D eigenvalue weighted by Crippen LogP contribution is 2.35. The van der Waals surface area contributed by atoms with E-state index in [-0.39, 0.29) is 8.79 Å². The molecule has 0 aliphatic carbocycles. The van der Waals surface area contributed by atoms with E-state index in [1.807, 2.05) is 0 Å². The number of nitrogen functional groups attached to an aromatic ring is 1. The summed E-state index contributed by atoms with van der Waals surface area (Å²) in [5.41, 5.74) is 3.84. The van der Waals surface area contributed by atoms with Gasteiger partial charge in [-0.1, -0.05) is 0 Å². The molecule has 0 aromatic carbocycles. The van der Waals surface area contributed by atoms with E-state index in [0.717, 1.165) is 0 Å². The molecule has 13 heavy (non-hydrogen) atoms. The highest BCUT2D eigenvalue weighted by Gasteiger charge is 2.38. The molecule has 8 heteroatoms. The largest absolute Gasteiger partial charge is 0.434 e. The summed E-state index contributed by atoms with van der Waals surface area (Å²) in [6.45, 7) is 0. The second-order valence-corrected chi connectivity index (χ2v) is 4.33. The molecule has 0 radical (unpaired) electrons. The van der Waals surface area contributed by atoms with Crippen LogP contribution in [0.25, 0.3) is 0 Å². The van der Waals surface area contributed by atoms with Crippen molar-refractivity contribution in [2.24, 2.45) is 5.73 Å². The molecule has 1 aromatic rings. The maximum atomic E-state index is 12.2. The van der Waals surface area contributed by atoms with Crippen molar-refractivity contribution in [3.63, 3.8) is 0 Å².